The van der Waals surface area contributed by atoms with Crippen molar-refractivity contribution in [3.8, 4) is 11.4 Å². The topological polar surface area (TPSA) is 92.9 Å². The summed E-state index contributed by atoms with van der Waals surface area (Å²) in [6.07, 6.45) is 0. The molecule has 0 spiro atoms. The molecular weight excluding hydrogens is 378 g/mol. The van der Waals surface area contributed by atoms with E-state index in [1.54, 1.807) is 19.1 Å². The molecule has 0 radical (unpaired) electrons. The van der Waals surface area contributed by atoms with Gasteiger partial charge in [0.05, 0.1) is 0 Å². The first-order chi connectivity index (χ1) is 14.5. The summed E-state index contributed by atoms with van der Waals surface area (Å²) in [5, 5.41) is 9.93. The molecule has 0 unspecified atom stereocenters. The van der Waals surface area contributed by atoms with E-state index in [9.17, 15) is 4.79 Å². The molecular formula is C23H21N5O2. The monoisotopic (exact) mass is 399 g/mol. The van der Waals surface area contributed by atoms with E-state index in [-0.39, 0.29) is 11.6 Å². The molecule has 7 heteroatoms. The highest BCUT2D eigenvalue weighted by Crippen LogP contribution is 2.22. The molecule has 4 aromatic rings. The van der Waals surface area contributed by atoms with Gasteiger partial charge in [0.2, 0.25) is 0 Å². The van der Waals surface area contributed by atoms with Crippen LogP contribution in [0.15, 0.2) is 65.2 Å². The molecule has 1 amide bonds. The molecule has 2 aromatic heterocycles. The van der Waals surface area contributed by atoms with Crippen molar-refractivity contribution in [1.29, 1.82) is 0 Å². The summed E-state index contributed by atoms with van der Waals surface area (Å²) in [7, 11) is 0. The lowest BCUT2D eigenvalue weighted by atomic mass is 10.1. The zero-order valence-corrected chi connectivity index (χ0v) is 16.9. The fourth-order valence-electron chi connectivity index (χ4n) is 3.14. The summed E-state index contributed by atoms with van der Waals surface area (Å²) < 4.78 is 5.10. The number of hydrogen-bond acceptors (Lipinski definition) is 6. The Hall–Kier alpha value is -4.00. The van der Waals surface area contributed by atoms with Gasteiger partial charge in [-0.3, -0.25) is 4.79 Å². The highest BCUT2D eigenvalue weighted by Gasteiger charge is 2.15. The molecule has 4 rings (SSSR count). The Morgan fingerprint density at radius 2 is 1.60 bits per heavy atom. The van der Waals surface area contributed by atoms with Crippen LogP contribution in [0.25, 0.3) is 11.4 Å². The summed E-state index contributed by atoms with van der Waals surface area (Å²) in [6, 6.07) is 18.7. The van der Waals surface area contributed by atoms with E-state index in [0.717, 1.165) is 22.4 Å². The Morgan fingerprint density at radius 1 is 0.867 bits per heavy atom. The van der Waals surface area contributed by atoms with E-state index in [1.807, 2.05) is 56.3 Å². The van der Waals surface area contributed by atoms with E-state index in [1.165, 1.54) is 0 Å². The maximum Gasteiger partial charge on any atom is 0.274 e. The van der Waals surface area contributed by atoms with Gasteiger partial charge in [-0.15, -0.1) is 0 Å². The zero-order chi connectivity index (χ0) is 21.1. The molecule has 2 heterocycles. The Balaban J connectivity index is 1.70. The third kappa shape index (κ3) is 4.52. The third-order valence-electron chi connectivity index (χ3n) is 4.35. The summed E-state index contributed by atoms with van der Waals surface area (Å²) >= 11 is 0. The number of aromatic nitrogens is 3. The molecule has 0 atom stereocenters. The number of rotatable bonds is 5. The zero-order valence-electron chi connectivity index (χ0n) is 16.9. The van der Waals surface area contributed by atoms with E-state index >= 15 is 0 Å². The van der Waals surface area contributed by atoms with Gasteiger partial charge in [0.25, 0.3) is 5.91 Å². The van der Waals surface area contributed by atoms with Crippen LogP contribution < -0.4 is 10.6 Å². The van der Waals surface area contributed by atoms with Crippen LogP contribution in [0.3, 0.4) is 0 Å². The number of nitrogens with one attached hydrogen (secondary N) is 2. The maximum atomic E-state index is 13.0. The number of amides is 1. The molecule has 2 N–H and O–H groups in total. The van der Waals surface area contributed by atoms with Crippen LogP contribution >= 0.6 is 0 Å². The first kappa shape index (κ1) is 19.3. The minimum atomic E-state index is -0.320. The van der Waals surface area contributed by atoms with Crippen LogP contribution in [0.2, 0.25) is 0 Å². The van der Waals surface area contributed by atoms with Gasteiger partial charge in [-0.05, 0) is 44.0 Å². The van der Waals surface area contributed by atoms with Gasteiger partial charge in [-0.25, -0.2) is 9.97 Å². The second-order valence-corrected chi connectivity index (χ2v) is 7.11. The maximum absolute atomic E-state index is 13.0. The quantitative estimate of drug-likeness (QED) is 0.488. The van der Waals surface area contributed by atoms with Gasteiger partial charge in [0, 0.05) is 23.4 Å². The number of carbonyl (C=O) groups excluding carboxylic acids is 1. The Labute approximate surface area is 174 Å². The van der Waals surface area contributed by atoms with Crippen molar-refractivity contribution in [3.05, 3.63) is 83.2 Å². The number of anilines is 3. The fourth-order valence-corrected chi connectivity index (χ4v) is 3.14. The van der Waals surface area contributed by atoms with E-state index < -0.39 is 0 Å². The summed E-state index contributed by atoms with van der Waals surface area (Å²) in [5.41, 5.74) is 3.91. The Morgan fingerprint density at radius 3 is 2.27 bits per heavy atom. The fraction of sp³-hybridized carbons (Fsp3) is 0.130. The third-order valence-corrected chi connectivity index (χ3v) is 4.35. The van der Waals surface area contributed by atoms with Crippen LogP contribution in [0.1, 0.15) is 27.4 Å². The van der Waals surface area contributed by atoms with Gasteiger partial charge in [-0.2, -0.15) is 0 Å². The molecule has 0 saturated carbocycles. The molecule has 0 aliphatic heterocycles. The van der Waals surface area contributed by atoms with Crippen molar-refractivity contribution in [2.45, 2.75) is 20.8 Å². The van der Waals surface area contributed by atoms with E-state index in [2.05, 4.69) is 31.8 Å². The van der Waals surface area contributed by atoms with Gasteiger partial charge in [-0.1, -0.05) is 41.6 Å². The molecule has 2 aromatic carbocycles. The largest absolute Gasteiger partial charge is 0.360 e. The van der Waals surface area contributed by atoms with Crippen molar-refractivity contribution in [1.82, 2.24) is 15.1 Å². The number of aryl methyl sites for hydroxylation is 3. The predicted molar refractivity (Wildman–Crippen MR) is 116 cm³/mol. The van der Waals surface area contributed by atoms with E-state index in [4.69, 9.17) is 4.52 Å². The van der Waals surface area contributed by atoms with Gasteiger partial charge >= 0.3 is 0 Å². The van der Waals surface area contributed by atoms with Crippen LogP contribution in [0.4, 0.5) is 17.3 Å². The lowest BCUT2D eigenvalue weighted by Gasteiger charge is -2.10. The highest BCUT2D eigenvalue weighted by atomic mass is 16.5. The summed E-state index contributed by atoms with van der Waals surface area (Å²) in [6.45, 7) is 5.78. The first-order valence-corrected chi connectivity index (χ1v) is 9.51. The molecule has 0 saturated heterocycles. The number of nitrogens with zero attached hydrogens (tertiary/aromatic N) is 3. The standard InChI is InChI=1S/C23H21N5O2/c1-14-9-15(2)11-18(10-14)24-23(29)19-13-20(26-21-12-16(3)30-28-21)27-22(25-19)17-7-5-4-6-8-17/h4-13H,1-3H3,(H,24,29)(H,25,26,27,28). The van der Waals surface area contributed by atoms with Crippen LogP contribution in [-0.4, -0.2) is 21.0 Å². The van der Waals surface area contributed by atoms with Crippen LogP contribution in [0.5, 0.6) is 0 Å². The molecule has 0 aliphatic rings. The lowest BCUT2D eigenvalue weighted by molar-refractivity contribution is 0.102. The Kier molecular flexibility index (Phi) is 5.26. The number of carbonyl (C=O) groups is 1. The molecule has 0 fully saturated rings. The van der Waals surface area contributed by atoms with Crippen LogP contribution in [0, 0.1) is 20.8 Å². The second kappa shape index (κ2) is 8.16. The van der Waals surface area contributed by atoms with Crippen molar-refractivity contribution >= 4 is 23.2 Å². The predicted octanol–water partition coefficient (Wildman–Crippen LogP) is 5.05. The van der Waals surface area contributed by atoms with Gasteiger partial charge in [0.15, 0.2) is 11.6 Å². The van der Waals surface area contributed by atoms with Crippen molar-refractivity contribution in [3.63, 3.8) is 0 Å². The van der Waals surface area contributed by atoms with Gasteiger partial charge in [0.1, 0.15) is 17.3 Å². The molecule has 30 heavy (non-hydrogen) atoms. The minimum absolute atomic E-state index is 0.241. The molecule has 0 aliphatic carbocycles. The molecule has 7 nitrogen and oxygen atoms in total. The average Bonchev–Trinajstić information content (AvgIpc) is 3.12. The smallest absolute Gasteiger partial charge is 0.274 e. The number of benzene rings is 2. The minimum Gasteiger partial charge on any atom is -0.360 e. The molecule has 0 bridgehead atoms. The number of hydrogen-bond donors (Lipinski definition) is 2. The van der Waals surface area contributed by atoms with Crippen LogP contribution in [-0.2, 0) is 0 Å². The lowest BCUT2D eigenvalue weighted by Crippen LogP contribution is -2.15. The second-order valence-electron chi connectivity index (χ2n) is 7.11. The highest BCUT2D eigenvalue weighted by molar-refractivity contribution is 6.03. The summed E-state index contributed by atoms with van der Waals surface area (Å²) in [4.78, 5) is 22.0. The summed E-state index contributed by atoms with van der Waals surface area (Å²) in [5.74, 6) is 1.74. The molecule has 150 valence electrons. The van der Waals surface area contributed by atoms with E-state index in [0.29, 0.717) is 23.2 Å². The van der Waals surface area contributed by atoms with Crippen molar-refractivity contribution in [2.75, 3.05) is 10.6 Å². The Bertz CT molecular complexity index is 1180. The van der Waals surface area contributed by atoms with Crippen molar-refractivity contribution < 1.29 is 9.32 Å². The van der Waals surface area contributed by atoms with Crippen molar-refractivity contribution in [2.24, 2.45) is 0 Å². The first-order valence-electron chi connectivity index (χ1n) is 9.51. The normalized spacial score (nSPS) is 10.6. The average molecular weight is 399 g/mol. The SMILES string of the molecule is Cc1cc(C)cc(NC(=O)c2cc(Nc3cc(C)on3)nc(-c3ccccc3)n2)c1. The van der Waals surface area contributed by atoms with Gasteiger partial charge < -0.3 is 15.2 Å².